The van der Waals surface area contributed by atoms with Crippen LogP contribution in [-0.2, 0) is 5.75 Å². The molecule has 0 saturated carbocycles. The highest BCUT2D eigenvalue weighted by Gasteiger charge is 2.15. The summed E-state index contributed by atoms with van der Waals surface area (Å²) in [5.41, 5.74) is 2.04. The highest BCUT2D eigenvalue weighted by atomic mass is 32.2. The molecular formula is C21H27N3OS. The number of piperazine rings is 1. The van der Waals surface area contributed by atoms with Gasteiger partial charge in [0.05, 0.1) is 5.56 Å². The van der Waals surface area contributed by atoms with Gasteiger partial charge in [-0.1, -0.05) is 42.5 Å². The fraction of sp³-hybridized carbons (Fsp3) is 0.381. The van der Waals surface area contributed by atoms with Crippen LogP contribution in [0.5, 0.6) is 0 Å². The lowest BCUT2D eigenvalue weighted by Gasteiger charge is -2.32. The fourth-order valence-corrected chi connectivity index (χ4v) is 4.02. The van der Waals surface area contributed by atoms with Crippen molar-refractivity contribution in [3.05, 3.63) is 65.7 Å². The molecule has 1 fully saturated rings. The highest BCUT2D eigenvalue weighted by Crippen LogP contribution is 2.26. The first-order valence-corrected chi connectivity index (χ1v) is 10.2. The minimum atomic E-state index is 0.0234. The van der Waals surface area contributed by atoms with Crippen LogP contribution in [0.3, 0.4) is 0 Å². The van der Waals surface area contributed by atoms with Crippen LogP contribution in [0.4, 0.5) is 0 Å². The number of thioether (sulfide) groups is 1. The van der Waals surface area contributed by atoms with Gasteiger partial charge in [0.15, 0.2) is 0 Å². The van der Waals surface area contributed by atoms with Gasteiger partial charge in [-0.05, 0) is 24.7 Å². The van der Waals surface area contributed by atoms with E-state index >= 15 is 0 Å². The van der Waals surface area contributed by atoms with Crippen molar-refractivity contribution in [3.63, 3.8) is 0 Å². The molecule has 1 saturated heterocycles. The average Bonchev–Trinajstić information content (AvgIpc) is 2.69. The zero-order valence-electron chi connectivity index (χ0n) is 15.4. The van der Waals surface area contributed by atoms with Crippen molar-refractivity contribution >= 4 is 17.7 Å². The standard InChI is InChI=1S/C21H27N3OS/c1-23-13-15-24(16-14-23)12-11-22-21(25)19-9-5-6-10-20(19)26-17-18-7-3-2-4-8-18/h2-10H,11-17H2,1H3,(H,22,25). The van der Waals surface area contributed by atoms with Crippen LogP contribution in [0.15, 0.2) is 59.5 Å². The monoisotopic (exact) mass is 369 g/mol. The molecule has 0 spiro atoms. The molecule has 2 aromatic carbocycles. The number of rotatable bonds is 7. The molecule has 2 aromatic rings. The van der Waals surface area contributed by atoms with Crippen molar-refractivity contribution < 1.29 is 4.79 Å². The van der Waals surface area contributed by atoms with Gasteiger partial charge in [-0.15, -0.1) is 11.8 Å². The zero-order valence-corrected chi connectivity index (χ0v) is 16.2. The Hall–Kier alpha value is -1.82. The van der Waals surface area contributed by atoms with Gasteiger partial charge in [-0.2, -0.15) is 0 Å². The molecule has 0 aromatic heterocycles. The molecule has 0 radical (unpaired) electrons. The van der Waals surface area contributed by atoms with Crippen molar-refractivity contribution in [2.75, 3.05) is 46.3 Å². The summed E-state index contributed by atoms with van der Waals surface area (Å²) in [4.78, 5) is 18.4. The van der Waals surface area contributed by atoms with Crippen LogP contribution >= 0.6 is 11.8 Å². The smallest absolute Gasteiger partial charge is 0.252 e. The van der Waals surface area contributed by atoms with E-state index in [1.54, 1.807) is 11.8 Å². The van der Waals surface area contributed by atoms with Crippen molar-refractivity contribution in [1.29, 1.82) is 0 Å². The van der Waals surface area contributed by atoms with E-state index in [1.807, 2.05) is 42.5 Å². The molecule has 1 heterocycles. The van der Waals surface area contributed by atoms with Crippen molar-refractivity contribution in [2.45, 2.75) is 10.6 Å². The first-order valence-electron chi connectivity index (χ1n) is 9.17. The Morgan fingerprint density at radius 1 is 1.00 bits per heavy atom. The lowest BCUT2D eigenvalue weighted by atomic mass is 10.2. The quantitative estimate of drug-likeness (QED) is 0.761. The second-order valence-corrected chi connectivity index (χ2v) is 7.69. The van der Waals surface area contributed by atoms with Gasteiger partial charge in [0.1, 0.15) is 0 Å². The second kappa shape index (κ2) is 9.76. The molecule has 4 nitrogen and oxygen atoms in total. The summed E-state index contributed by atoms with van der Waals surface area (Å²) in [5.74, 6) is 0.891. The minimum absolute atomic E-state index is 0.0234. The summed E-state index contributed by atoms with van der Waals surface area (Å²) in [6.07, 6.45) is 0. The first kappa shape index (κ1) is 19.0. The van der Waals surface area contributed by atoms with Crippen LogP contribution in [0.2, 0.25) is 0 Å². The maximum atomic E-state index is 12.6. The Bertz CT molecular complexity index is 699. The van der Waals surface area contributed by atoms with Crippen molar-refractivity contribution in [2.24, 2.45) is 0 Å². The number of carbonyl (C=O) groups excluding carboxylic acids is 1. The molecule has 3 rings (SSSR count). The molecule has 0 unspecified atom stereocenters. The van der Waals surface area contributed by atoms with Crippen LogP contribution in [0, 0.1) is 0 Å². The Labute approximate surface area is 160 Å². The zero-order chi connectivity index (χ0) is 18.2. The topological polar surface area (TPSA) is 35.6 Å². The van der Waals surface area contributed by atoms with E-state index in [0.29, 0.717) is 6.54 Å². The third-order valence-electron chi connectivity index (χ3n) is 4.68. The van der Waals surface area contributed by atoms with E-state index < -0.39 is 0 Å². The minimum Gasteiger partial charge on any atom is -0.351 e. The van der Waals surface area contributed by atoms with Crippen molar-refractivity contribution in [1.82, 2.24) is 15.1 Å². The van der Waals surface area contributed by atoms with Crippen LogP contribution in [0.1, 0.15) is 15.9 Å². The molecule has 5 heteroatoms. The third kappa shape index (κ3) is 5.59. The predicted molar refractivity (Wildman–Crippen MR) is 109 cm³/mol. The Morgan fingerprint density at radius 2 is 1.69 bits per heavy atom. The van der Waals surface area contributed by atoms with E-state index in [2.05, 4.69) is 34.3 Å². The molecular weight excluding hydrogens is 342 g/mol. The Morgan fingerprint density at radius 3 is 2.46 bits per heavy atom. The van der Waals surface area contributed by atoms with Crippen molar-refractivity contribution in [3.8, 4) is 0 Å². The van der Waals surface area contributed by atoms with Gasteiger partial charge in [-0.25, -0.2) is 0 Å². The Kier molecular flexibility index (Phi) is 7.12. The summed E-state index contributed by atoms with van der Waals surface area (Å²) in [6, 6.07) is 18.2. The van der Waals surface area contributed by atoms with Crippen LogP contribution < -0.4 is 5.32 Å². The number of benzene rings is 2. The number of hydrogen-bond acceptors (Lipinski definition) is 4. The number of nitrogens with zero attached hydrogens (tertiary/aromatic N) is 2. The van der Waals surface area contributed by atoms with E-state index in [4.69, 9.17) is 0 Å². The number of carbonyl (C=O) groups is 1. The van der Waals surface area contributed by atoms with Crippen LogP contribution in [0.25, 0.3) is 0 Å². The number of hydrogen-bond donors (Lipinski definition) is 1. The first-order chi connectivity index (χ1) is 12.7. The lowest BCUT2D eigenvalue weighted by molar-refractivity contribution is 0.0938. The van der Waals surface area contributed by atoms with Gasteiger partial charge < -0.3 is 10.2 Å². The van der Waals surface area contributed by atoms with Gasteiger partial charge in [0, 0.05) is 49.9 Å². The second-order valence-electron chi connectivity index (χ2n) is 6.67. The number of nitrogens with one attached hydrogen (secondary N) is 1. The fourth-order valence-electron chi connectivity index (χ4n) is 3.01. The molecule has 1 N–H and O–H groups in total. The molecule has 0 bridgehead atoms. The molecule has 1 aliphatic rings. The van der Waals surface area contributed by atoms with Gasteiger partial charge in [-0.3, -0.25) is 9.69 Å². The summed E-state index contributed by atoms with van der Waals surface area (Å²) < 4.78 is 0. The van der Waals surface area contributed by atoms with Crippen LogP contribution in [-0.4, -0.2) is 62.0 Å². The molecule has 1 aliphatic heterocycles. The van der Waals surface area contributed by atoms with Gasteiger partial charge in [0.25, 0.3) is 5.91 Å². The summed E-state index contributed by atoms with van der Waals surface area (Å²) in [7, 11) is 2.16. The summed E-state index contributed by atoms with van der Waals surface area (Å²) in [5, 5.41) is 3.09. The van der Waals surface area contributed by atoms with Gasteiger partial charge in [0.2, 0.25) is 0 Å². The number of amides is 1. The SMILES string of the molecule is CN1CCN(CCNC(=O)c2ccccc2SCc2ccccc2)CC1. The van der Waals surface area contributed by atoms with E-state index in [0.717, 1.165) is 48.9 Å². The average molecular weight is 370 g/mol. The third-order valence-corrected chi connectivity index (χ3v) is 5.82. The molecule has 138 valence electrons. The van der Waals surface area contributed by atoms with E-state index in [9.17, 15) is 4.79 Å². The predicted octanol–water partition coefficient (Wildman–Crippen LogP) is 2.96. The maximum Gasteiger partial charge on any atom is 0.252 e. The van der Waals surface area contributed by atoms with Gasteiger partial charge >= 0.3 is 0 Å². The molecule has 0 aliphatic carbocycles. The van der Waals surface area contributed by atoms with E-state index in [-0.39, 0.29) is 5.91 Å². The Balaban J connectivity index is 1.50. The highest BCUT2D eigenvalue weighted by molar-refractivity contribution is 7.98. The molecule has 1 amide bonds. The molecule has 26 heavy (non-hydrogen) atoms. The summed E-state index contributed by atoms with van der Waals surface area (Å²) >= 11 is 1.71. The molecule has 0 atom stereocenters. The number of likely N-dealkylation sites (N-methyl/N-ethyl adjacent to an activating group) is 1. The lowest BCUT2D eigenvalue weighted by Crippen LogP contribution is -2.46. The normalized spacial score (nSPS) is 15.7. The summed E-state index contributed by atoms with van der Waals surface area (Å²) in [6.45, 7) is 5.98. The van der Waals surface area contributed by atoms with E-state index in [1.165, 1.54) is 5.56 Å². The maximum absolute atomic E-state index is 12.6. The largest absolute Gasteiger partial charge is 0.351 e.